The topological polar surface area (TPSA) is 52.0 Å². The molecular weight excluding hydrogens is 292 g/mol. The number of hydrogen-bond donors (Lipinski definition) is 1. The highest BCUT2D eigenvalue weighted by molar-refractivity contribution is 7.97. The lowest BCUT2D eigenvalue weighted by molar-refractivity contribution is 0.509. The van der Waals surface area contributed by atoms with Gasteiger partial charge in [0.2, 0.25) is 0 Å². The summed E-state index contributed by atoms with van der Waals surface area (Å²) in [5, 5.41) is 5.27. The van der Waals surface area contributed by atoms with Gasteiger partial charge in [0.1, 0.15) is 0 Å². The minimum absolute atomic E-state index is 0.590. The van der Waals surface area contributed by atoms with E-state index >= 15 is 0 Å². The van der Waals surface area contributed by atoms with Gasteiger partial charge in [-0.05, 0) is 36.9 Å². The Bertz CT molecular complexity index is 693. The maximum absolute atomic E-state index is 5.68. The van der Waals surface area contributed by atoms with E-state index in [1.54, 1.807) is 0 Å². The maximum atomic E-state index is 5.68. The summed E-state index contributed by atoms with van der Waals surface area (Å²) in [4.78, 5) is 5.39. The zero-order valence-corrected chi connectivity index (χ0v) is 13.0. The van der Waals surface area contributed by atoms with Crippen molar-refractivity contribution in [2.75, 3.05) is 0 Å². The van der Waals surface area contributed by atoms with E-state index in [2.05, 4.69) is 4.98 Å². The van der Waals surface area contributed by atoms with Crippen LogP contribution in [0.1, 0.15) is 24.7 Å². The Morgan fingerprint density at radius 3 is 2.14 bits per heavy atom. The van der Waals surface area contributed by atoms with E-state index in [1.165, 1.54) is 24.8 Å². The molecule has 1 fully saturated rings. The van der Waals surface area contributed by atoms with Gasteiger partial charge in [-0.2, -0.15) is 0 Å². The van der Waals surface area contributed by atoms with Gasteiger partial charge >= 0.3 is 0 Å². The Morgan fingerprint density at radius 1 is 0.955 bits per heavy atom. The highest BCUT2D eigenvalue weighted by Gasteiger charge is 2.28. The maximum Gasteiger partial charge on any atom is 0.198 e. The third-order valence-electron chi connectivity index (χ3n) is 3.39. The van der Waals surface area contributed by atoms with Crippen LogP contribution in [-0.2, 0) is 0 Å². The fraction of sp³-hybridized carbons (Fsp3) is 0.167. The zero-order valence-electron chi connectivity index (χ0n) is 12.2. The summed E-state index contributed by atoms with van der Waals surface area (Å²) in [7, 11) is 0. The molecule has 4 heteroatoms. The Morgan fingerprint density at radius 2 is 1.59 bits per heavy atom. The average Bonchev–Trinajstić information content (AvgIpc) is 3.34. The fourth-order valence-electron chi connectivity index (χ4n) is 2.04. The second kappa shape index (κ2) is 7.29. The van der Waals surface area contributed by atoms with Crippen molar-refractivity contribution in [2.24, 2.45) is 5.14 Å². The molecule has 0 saturated heterocycles. The van der Waals surface area contributed by atoms with E-state index in [0.717, 1.165) is 22.1 Å². The summed E-state index contributed by atoms with van der Waals surface area (Å²) >= 11 is 1.27. The minimum Gasteiger partial charge on any atom is -0.440 e. The Kier molecular flexibility index (Phi) is 4.93. The van der Waals surface area contributed by atoms with Crippen molar-refractivity contribution in [3.8, 4) is 11.3 Å². The van der Waals surface area contributed by atoms with Crippen molar-refractivity contribution in [1.29, 1.82) is 0 Å². The van der Waals surface area contributed by atoms with E-state index in [0.29, 0.717) is 5.92 Å². The summed E-state index contributed by atoms with van der Waals surface area (Å²) < 4.78 is 5.68. The molecule has 1 aliphatic carbocycles. The summed E-state index contributed by atoms with van der Waals surface area (Å²) in [5.41, 5.74) is 1.10. The predicted octanol–water partition coefficient (Wildman–Crippen LogP) is 4.87. The molecule has 0 unspecified atom stereocenters. The van der Waals surface area contributed by atoms with Crippen LogP contribution in [0.4, 0.5) is 0 Å². The van der Waals surface area contributed by atoms with Crippen LogP contribution in [0, 0.1) is 0 Å². The molecule has 0 radical (unpaired) electrons. The average molecular weight is 310 g/mol. The molecule has 1 aliphatic rings. The van der Waals surface area contributed by atoms with Gasteiger partial charge < -0.3 is 4.42 Å². The van der Waals surface area contributed by atoms with E-state index in [1.807, 2.05) is 66.9 Å². The van der Waals surface area contributed by atoms with Crippen LogP contribution >= 0.6 is 11.9 Å². The van der Waals surface area contributed by atoms with Gasteiger partial charge in [0.15, 0.2) is 11.7 Å². The van der Waals surface area contributed by atoms with Gasteiger partial charge in [-0.15, -0.1) is 0 Å². The van der Waals surface area contributed by atoms with E-state index in [-0.39, 0.29) is 0 Å². The van der Waals surface area contributed by atoms with Gasteiger partial charge in [0.25, 0.3) is 0 Å². The third-order valence-corrected chi connectivity index (χ3v) is 3.93. The molecular formula is C18H18N2OS. The number of aromatic nitrogens is 1. The SMILES string of the molecule is NSc1ccccc1.c1ccc(-c2cnc(C3CC3)o2)cc1. The van der Waals surface area contributed by atoms with Crippen molar-refractivity contribution < 1.29 is 4.42 Å². The second-order valence-corrected chi connectivity index (χ2v) is 5.84. The molecule has 1 heterocycles. The first-order valence-corrected chi connectivity index (χ1v) is 8.17. The van der Waals surface area contributed by atoms with Gasteiger partial charge in [-0.1, -0.05) is 48.5 Å². The molecule has 0 bridgehead atoms. The molecule has 3 nitrogen and oxygen atoms in total. The van der Waals surface area contributed by atoms with Crippen LogP contribution in [0.25, 0.3) is 11.3 Å². The van der Waals surface area contributed by atoms with Crippen LogP contribution < -0.4 is 5.14 Å². The Labute approximate surface area is 134 Å². The molecule has 0 aliphatic heterocycles. The number of oxazole rings is 1. The van der Waals surface area contributed by atoms with E-state index in [4.69, 9.17) is 9.56 Å². The van der Waals surface area contributed by atoms with Crippen molar-refractivity contribution in [3.63, 3.8) is 0 Å². The monoisotopic (exact) mass is 310 g/mol. The van der Waals surface area contributed by atoms with Crippen molar-refractivity contribution in [2.45, 2.75) is 23.7 Å². The largest absolute Gasteiger partial charge is 0.440 e. The van der Waals surface area contributed by atoms with E-state index in [9.17, 15) is 0 Å². The molecule has 0 atom stereocenters. The van der Waals surface area contributed by atoms with Gasteiger partial charge in [-0.3, -0.25) is 5.14 Å². The summed E-state index contributed by atoms with van der Waals surface area (Å²) in [6.45, 7) is 0. The van der Waals surface area contributed by atoms with Crippen LogP contribution in [0.15, 0.2) is 76.2 Å². The normalized spacial score (nSPS) is 13.3. The van der Waals surface area contributed by atoms with Crippen LogP contribution in [-0.4, -0.2) is 4.98 Å². The van der Waals surface area contributed by atoms with Gasteiger partial charge in [0.05, 0.1) is 6.20 Å². The molecule has 4 rings (SSSR count). The lowest BCUT2D eigenvalue weighted by Crippen LogP contribution is -1.75. The lowest BCUT2D eigenvalue weighted by Gasteiger charge is -1.93. The first-order chi connectivity index (χ1) is 10.9. The summed E-state index contributed by atoms with van der Waals surface area (Å²) in [6.07, 6.45) is 4.28. The van der Waals surface area contributed by atoms with Crippen molar-refractivity contribution >= 4 is 11.9 Å². The van der Waals surface area contributed by atoms with Crippen LogP contribution in [0.3, 0.4) is 0 Å². The minimum atomic E-state index is 0.590. The first kappa shape index (κ1) is 14.9. The highest BCUT2D eigenvalue weighted by atomic mass is 32.2. The first-order valence-electron chi connectivity index (χ1n) is 7.30. The van der Waals surface area contributed by atoms with Crippen LogP contribution in [0.2, 0.25) is 0 Å². The standard InChI is InChI=1S/C12H11NO.C6H7NS/c1-2-4-9(5-3-1)11-8-13-12(14-11)10-6-7-10;7-8-6-4-2-1-3-5-6/h1-5,8,10H,6-7H2;1-5H,7H2. The molecule has 0 spiro atoms. The molecule has 2 aromatic carbocycles. The molecule has 1 saturated carbocycles. The second-order valence-electron chi connectivity index (χ2n) is 5.13. The third kappa shape index (κ3) is 4.00. The van der Waals surface area contributed by atoms with E-state index < -0.39 is 0 Å². The van der Waals surface area contributed by atoms with Crippen molar-refractivity contribution in [1.82, 2.24) is 4.98 Å². The fourth-order valence-corrected chi connectivity index (χ4v) is 2.36. The molecule has 3 aromatic rings. The Balaban J connectivity index is 0.000000154. The molecule has 112 valence electrons. The van der Waals surface area contributed by atoms with Crippen molar-refractivity contribution in [3.05, 3.63) is 72.8 Å². The molecule has 0 amide bonds. The number of rotatable bonds is 3. The molecule has 2 N–H and O–H groups in total. The molecule has 1 aromatic heterocycles. The zero-order chi connectivity index (χ0) is 15.2. The number of nitrogens with zero attached hydrogens (tertiary/aromatic N) is 1. The summed E-state index contributed by atoms with van der Waals surface area (Å²) in [6, 6.07) is 20.0. The van der Waals surface area contributed by atoms with Gasteiger partial charge in [-0.25, -0.2) is 4.98 Å². The number of hydrogen-bond acceptors (Lipinski definition) is 4. The number of nitrogens with two attached hydrogens (primary N) is 1. The smallest absolute Gasteiger partial charge is 0.198 e. The Hall–Kier alpha value is -2.04. The predicted molar refractivity (Wildman–Crippen MR) is 90.4 cm³/mol. The summed E-state index contributed by atoms with van der Waals surface area (Å²) in [5.74, 6) is 2.38. The quantitative estimate of drug-likeness (QED) is 0.701. The molecule has 22 heavy (non-hydrogen) atoms. The van der Waals surface area contributed by atoms with Gasteiger partial charge in [0, 0.05) is 16.4 Å². The number of benzene rings is 2. The van der Waals surface area contributed by atoms with Crippen LogP contribution in [0.5, 0.6) is 0 Å². The highest BCUT2D eigenvalue weighted by Crippen LogP contribution is 2.40. The lowest BCUT2D eigenvalue weighted by atomic mass is 10.2.